The molecule has 0 bridgehead atoms. The summed E-state index contributed by atoms with van der Waals surface area (Å²) in [6, 6.07) is 18.4. The van der Waals surface area contributed by atoms with Gasteiger partial charge in [-0.25, -0.2) is 9.66 Å². The topological polar surface area (TPSA) is 29.9 Å². The molecule has 0 saturated carbocycles. The van der Waals surface area contributed by atoms with Crippen LogP contribution in [0.5, 0.6) is 0 Å². The fraction of sp³-hybridized carbons (Fsp3) is 0. The lowest BCUT2D eigenvalue weighted by atomic mass is 10.2. The zero-order valence-corrected chi connectivity index (χ0v) is 15.8. The van der Waals surface area contributed by atoms with Gasteiger partial charge in [-0.2, -0.15) is 0 Å². The number of hydrogen-bond acceptors (Lipinski definition) is 3. The molecule has 114 valence electrons. The van der Waals surface area contributed by atoms with Crippen LogP contribution in [0.15, 0.2) is 74.2 Å². The first-order chi connectivity index (χ1) is 11.2. The number of nitrogens with one attached hydrogen (secondary N) is 1. The highest BCUT2D eigenvalue weighted by Gasteiger charge is 2.21. The summed E-state index contributed by atoms with van der Waals surface area (Å²) in [6.07, 6.45) is 0. The van der Waals surface area contributed by atoms with Crippen LogP contribution in [-0.2, 0) is 0 Å². The molecular formula is C17H11Br2N3S. The molecule has 0 amide bonds. The number of imidazole rings is 1. The van der Waals surface area contributed by atoms with Crippen molar-refractivity contribution in [2.75, 3.05) is 5.43 Å². The summed E-state index contributed by atoms with van der Waals surface area (Å²) < 4.78 is 3.97. The van der Waals surface area contributed by atoms with E-state index in [0.29, 0.717) is 0 Å². The Labute approximate surface area is 155 Å². The highest BCUT2D eigenvalue weighted by atomic mass is 79.9. The second-order valence-corrected chi connectivity index (χ2v) is 7.51. The molecule has 3 aromatic rings. The number of halogens is 2. The Morgan fingerprint density at radius 1 is 0.913 bits per heavy atom. The maximum atomic E-state index is 4.73. The third-order valence-electron chi connectivity index (χ3n) is 3.51. The SMILES string of the molecule is Brc1ccc(C2=CSc3nc(-c4ccccc4)c(Br)n3N2)cc1. The largest absolute Gasteiger partial charge is 0.290 e. The molecule has 0 radical (unpaired) electrons. The Balaban J connectivity index is 1.70. The molecule has 0 unspecified atom stereocenters. The van der Waals surface area contributed by atoms with Gasteiger partial charge in [0.15, 0.2) is 5.16 Å². The van der Waals surface area contributed by atoms with Gasteiger partial charge in [0.05, 0.1) is 5.70 Å². The van der Waals surface area contributed by atoms with Crippen molar-refractivity contribution in [2.24, 2.45) is 0 Å². The quantitative estimate of drug-likeness (QED) is 0.543. The monoisotopic (exact) mass is 447 g/mol. The van der Waals surface area contributed by atoms with E-state index in [-0.39, 0.29) is 0 Å². The molecule has 1 aliphatic rings. The molecule has 2 aromatic carbocycles. The van der Waals surface area contributed by atoms with Crippen molar-refractivity contribution >= 4 is 49.3 Å². The lowest BCUT2D eigenvalue weighted by Crippen LogP contribution is -2.17. The predicted molar refractivity (Wildman–Crippen MR) is 103 cm³/mol. The van der Waals surface area contributed by atoms with Crippen LogP contribution < -0.4 is 5.43 Å². The zero-order chi connectivity index (χ0) is 15.8. The van der Waals surface area contributed by atoms with E-state index in [9.17, 15) is 0 Å². The molecule has 1 N–H and O–H groups in total. The van der Waals surface area contributed by atoms with Crippen LogP contribution in [-0.4, -0.2) is 9.66 Å². The van der Waals surface area contributed by atoms with Crippen molar-refractivity contribution in [3.8, 4) is 11.3 Å². The van der Waals surface area contributed by atoms with Crippen molar-refractivity contribution in [3.63, 3.8) is 0 Å². The molecule has 0 atom stereocenters. The maximum absolute atomic E-state index is 4.73. The van der Waals surface area contributed by atoms with Crippen molar-refractivity contribution in [3.05, 3.63) is 74.6 Å². The van der Waals surface area contributed by atoms with E-state index in [2.05, 4.69) is 67.0 Å². The minimum absolute atomic E-state index is 0.914. The van der Waals surface area contributed by atoms with Gasteiger partial charge in [-0.1, -0.05) is 70.2 Å². The van der Waals surface area contributed by atoms with Crippen LogP contribution in [0.4, 0.5) is 0 Å². The minimum atomic E-state index is 0.914. The molecule has 1 aliphatic heterocycles. The Morgan fingerprint density at radius 3 is 2.39 bits per heavy atom. The first kappa shape index (κ1) is 15.1. The van der Waals surface area contributed by atoms with Crippen LogP contribution >= 0.6 is 43.6 Å². The van der Waals surface area contributed by atoms with E-state index in [1.165, 1.54) is 0 Å². The summed E-state index contributed by atoms with van der Waals surface area (Å²) in [5, 5.41) is 3.00. The van der Waals surface area contributed by atoms with Crippen molar-refractivity contribution in [1.29, 1.82) is 0 Å². The normalized spacial score (nSPS) is 13.2. The van der Waals surface area contributed by atoms with E-state index >= 15 is 0 Å². The number of nitrogens with zero attached hydrogens (tertiary/aromatic N) is 2. The lowest BCUT2D eigenvalue weighted by molar-refractivity contribution is 0.809. The van der Waals surface area contributed by atoms with E-state index in [1.54, 1.807) is 11.8 Å². The standard InChI is InChI=1S/C17H11Br2N3S/c18-13-8-6-11(7-9-13)14-10-23-17-20-15(16(19)22(17)21-14)12-4-2-1-3-5-12/h1-10,21H. The van der Waals surface area contributed by atoms with E-state index in [0.717, 1.165) is 36.8 Å². The van der Waals surface area contributed by atoms with Crippen LogP contribution in [0.25, 0.3) is 17.0 Å². The molecule has 0 fully saturated rings. The summed E-state index contributed by atoms with van der Waals surface area (Å²) in [4.78, 5) is 4.73. The summed E-state index contributed by atoms with van der Waals surface area (Å²) in [5.41, 5.74) is 7.63. The minimum Gasteiger partial charge on any atom is -0.290 e. The molecule has 0 spiro atoms. The third-order valence-corrected chi connectivity index (χ3v) is 5.60. The van der Waals surface area contributed by atoms with Gasteiger partial charge in [0, 0.05) is 21.0 Å². The molecule has 0 aliphatic carbocycles. The Bertz CT molecular complexity index is 886. The van der Waals surface area contributed by atoms with Gasteiger partial charge in [-0.3, -0.25) is 5.43 Å². The summed E-state index contributed by atoms with van der Waals surface area (Å²) >= 11 is 8.75. The maximum Gasteiger partial charge on any atom is 0.193 e. The number of benzene rings is 2. The van der Waals surface area contributed by atoms with Crippen LogP contribution in [0, 0.1) is 0 Å². The highest BCUT2D eigenvalue weighted by Crippen LogP contribution is 2.36. The summed E-state index contributed by atoms with van der Waals surface area (Å²) in [6.45, 7) is 0. The average Bonchev–Trinajstić information content (AvgIpc) is 2.93. The molecular weight excluding hydrogens is 438 g/mol. The second kappa shape index (κ2) is 6.19. The van der Waals surface area contributed by atoms with Gasteiger partial charge in [-0.05, 0) is 28.1 Å². The van der Waals surface area contributed by atoms with Crippen molar-refractivity contribution in [2.45, 2.75) is 5.16 Å². The van der Waals surface area contributed by atoms with Gasteiger partial charge in [0.25, 0.3) is 0 Å². The van der Waals surface area contributed by atoms with Crippen molar-refractivity contribution < 1.29 is 0 Å². The van der Waals surface area contributed by atoms with Gasteiger partial charge < -0.3 is 0 Å². The van der Waals surface area contributed by atoms with Crippen LogP contribution in [0.2, 0.25) is 0 Å². The van der Waals surface area contributed by atoms with Crippen molar-refractivity contribution in [1.82, 2.24) is 9.66 Å². The first-order valence-corrected chi connectivity index (χ1v) is 9.42. The summed E-state index contributed by atoms with van der Waals surface area (Å²) in [7, 11) is 0. The fourth-order valence-corrected chi connectivity index (χ4v) is 4.11. The van der Waals surface area contributed by atoms with Gasteiger partial charge in [0.1, 0.15) is 10.3 Å². The van der Waals surface area contributed by atoms with Gasteiger partial charge >= 0.3 is 0 Å². The predicted octanol–water partition coefficient (Wildman–Crippen LogP) is 5.72. The smallest absolute Gasteiger partial charge is 0.193 e. The Hall–Kier alpha value is -1.50. The first-order valence-electron chi connectivity index (χ1n) is 6.96. The molecule has 1 aromatic heterocycles. The second-order valence-electron chi connectivity index (χ2n) is 5.00. The molecule has 3 nitrogen and oxygen atoms in total. The summed E-state index contributed by atoms with van der Waals surface area (Å²) in [5.74, 6) is 0. The fourth-order valence-electron chi connectivity index (χ4n) is 2.36. The van der Waals surface area contributed by atoms with Gasteiger partial charge in [0.2, 0.25) is 0 Å². The number of hydrogen-bond donors (Lipinski definition) is 1. The number of thioether (sulfide) groups is 1. The number of fused-ring (bicyclic) bond motifs is 1. The molecule has 2 heterocycles. The van der Waals surface area contributed by atoms with Crippen LogP contribution in [0.3, 0.4) is 0 Å². The lowest BCUT2D eigenvalue weighted by Gasteiger charge is -2.18. The molecule has 0 saturated heterocycles. The van der Waals surface area contributed by atoms with Crippen LogP contribution in [0.1, 0.15) is 5.56 Å². The van der Waals surface area contributed by atoms with E-state index in [4.69, 9.17) is 4.98 Å². The number of rotatable bonds is 2. The van der Waals surface area contributed by atoms with E-state index < -0.39 is 0 Å². The van der Waals surface area contributed by atoms with Gasteiger partial charge in [-0.15, -0.1) is 0 Å². The zero-order valence-electron chi connectivity index (χ0n) is 11.8. The Morgan fingerprint density at radius 2 is 1.65 bits per heavy atom. The molecule has 4 rings (SSSR count). The molecule has 6 heteroatoms. The Kier molecular flexibility index (Phi) is 4.05. The van der Waals surface area contributed by atoms with E-state index in [1.807, 2.05) is 35.0 Å². The average molecular weight is 449 g/mol. The third kappa shape index (κ3) is 2.86. The number of aromatic nitrogens is 2. The molecule has 23 heavy (non-hydrogen) atoms. The highest BCUT2D eigenvalue weighted by molar-refractivity contribution is 9.10.